The highest BCUT2D eigenvalue weighted by Gasteiger charge is 2.23. The molecule has 1 N–H and O–H groups in total. The first-order valence-electron chi connectivity index (χ1n) is 11.6. The van der Waals surface area contributed by atoms with Gasteiger partial charge in [-0.1, -0.05) is 72.8 Å². The van der Waals surface area contributed by atoms with Crippen LogP contribution in [0.4, 0.5) is 5.69 Å². The van der Waals surface area contributed by atoms with E-state index in [4.69, 9.17) is 0 Å². The van der Waals surface area contributed by atoms with Crippen molar-refractivity contribution in [3.8, 4) is 5.69 Å². The van der Waals surface area contributed by atoms with E-state index < -0.39 is 9.84 Å². The largest absolute Gasteiger partial charge is 0.325 e. The van der Waals surface area contributed by atoms with Crippen molar-refractivity contribution in [2.24, 2.45) is 0 Å². The molecule has 1 heterocycles. The zero-order chi connectivity index (χ0) is 25.7. The lowest BCUT2D eigenvalue weighted by Crippen LogP contribution is -2.17. The Labute approximate surface area is 215 Å². The van der Waals surface area contributed by atoms with Crippen LogP contribution in [0.3, 0.4) is 0 Å². The number of hydrogen-bond donors (Lipinski definition) is 1. The van der Waals surface area contributed by atoms with Crippen LogP contribution in [-0.2, 0) is 26.8 Å². The number of hydrogen-bond acceptors (Lipinski definition) is 6. The number of nitrogens with one attached hydrogen (secondary N) is 1. The minimum atomic E-state index is -3.64. The van der Waals surface area contributed by atoms with Crippen LogP contribution in [-0.4, -0.2) is 34.8 Å². The fourth-order valence-electron chi connectivity index (χ4n) is 3.83. The van der Waals surface area contributed by atoms with Crippen LogP contribution < -0.4 is 5.32 Å². The minimum Gasteiger partial charge on any atom is -0.325 e. The van der Waals surface area contributed by atoms with E-state index in [9.17, 15) is 13.2 Å². The minimum absolute atomic E-state index is 0.104. The molecule has 4 rings (SSSR count). The first-order valence-corrected chi connectivity index (χ1v) is 14.2. The maximum atomic E-state index is 13.1. The highest BCUT2D eigenvalue weighted by atomic mass is 32.2. The molecule has 0 saturated carbocycles. The molecule has 0 spiro atoms. The van der Waals surface area contributed by atoms with E-state index in [1.165, 1.54) is 11.8 Å². The number of para-hydroxylation sites is 2. The highest BCUT2D eigenvalue weighted by Crippen LogP contribution is 2.26. The molecular formula is C27H28N4O3S2. The topological polar surface area (TPSA) is 94.0 Å². The van der Waals surface area contributed by atoms with Gasteiger partial charge >= 0.3 is 0 Å². The summed E-state index contributed by atoms with van der Waals surface area (Å²) in [7, 11) is -3.64. The Bertz CT molecular complexity index is 1460. The Morgan fingerprint density at radius 1 is 0.944 bits per heavy atom. The third kappa shape index (κ3) is 5.85. The molecule has 0 aliphatic heterocycles. The number of sulfone groups is 1. The second kappa shape index (κ2) is 11.1. The van der Waals surface area contributed by atoms with Gasteiger partial charge in [0.05, 0.1) is 10.6 Å². The average molecular weight is 521 g/mol. The molecule has 0 bridgehead atoms. The van der Waals surface area contributed by atoms with Gasteiger partial charge in [-0.2, -0.15) is 0 Å². The summed E-state index contributed by atoms with van der Waals surface area (Å²) in [6.45, 7) is 5.92. The maximum absolute atomic E-state index is 13.1. The fourth-order valence-corrected chi connectivity index (χ4v) is 5.85. The summed E-state index contributed by atoms with van der Waals surface area (Å²) in [5.74, 6) is -0.0849. The monoisotopic (exact) mass is 520 g/mol. The average Bonchev–Trinajstić information content (AvgIpc) is 3.26. The third-order valence-electron chi connectivity index (χ3n) is 5.75. The van der Waals surface area contributed by atoms with Gasteiger partial charge in [0.1, 0.15) is 5.75 Å². The Morgan fingerprint density at radius 2 is 1.67 bits per heavy atom. The molecule has 0 radical (unpaired) electrons. The second-order valence-corrected chi connectivity index (χ2v) is 11.4. The van der Waals surface area contributed by atoms with Crippen LogP contribution in [0.2, 0.25) is 0 Å². The van der Waals surface area contributed by atoms with Gasteiger partial charge in [0, 0.05) is 11.4 Å². The molecule has 0 fully saturated rings. The predicted molar refractivity (Wildman–Crippen MR) is 143 cm³/mol. The van der Waals surface area contributed by atoms with E-state index in [1.807, 2.05) is 69.3 Å². The molecule has 3 aromatic carbocycles. The molecule has 0 atom stereocenters. The number of nitrogens with zero attached hydrogens (tertiary/aromatic N) is 3. The number of aromatic nitrogens is 3. The zero-order valence-electron chi connectivity index (χ0n) is 20.4. The SMILES string of the molecule is CCc1cccc(C)c1NC(=O)CSc1nnc(CS(=O)(=O)c2ccc(C)cc2)n1-c1ccccc1. The van der Waals surface area contributed by atoms with Gasteiger partial charge in [0.25, 0.3) is 0 Å². The first kappa shape index (κ1) is 25.7. The second-order valence-electron chi connectivity index (χ2n) is 8.44. The van der Waals surface area contributed by atoms with Crippen molar-refractivity contribution in [2.45, 2.75) is 43.0 Å². The van der Waals surface area contributed by atoms with Gasteiger partial charge in [-0.3, -0.25) is 9.36 Å². The molecule has 36 heavy (non-hydrogen) atoms. The summed E-state index contributed by atoms with van der Waals surface area (Å²) in [5.41, 5.74) is 4.62. The van der Waals surface area contributed by atoms with Gasteiger partial charge in [-0.25, -0.2) is 8.42 Å². The summed E-state index contributed by atoms with van der Waals surface area (Å²) in [5, 5.41) is 11.9. The van der Waals surface area contributed by atoms with Crippen molar-refractivity contribution < 1.29 is 13.2 Å². The number of carbonyl (C=O) groups excluding carboxylic acids is 1. The summed E-state index contributed by atoms with van der Waals surface area (Å²) in [6, 6.07) is 22.0. The fraction of sp³-hybridized carbons (Fsp3) is 0.222. The van der Waals surface area contributed by atoms with Gasteiger partial charge in [-0.15, -0.1) is 10.2 Å². The van der Waals surface area contributed by atoms with Crippen LogP contribution in [0.25, 0.3) is 5.69 Å². The lowest BCUT2D eigenvalue weighted by molar-refractivity contribution is -0.113. The van der Waals surface area contributed by atoms with E-state index in [2.05, 4.69) is 15.5 Å². The molecule has 1 amide bonds. The first-order chi connectivity index (χ1) is 17.3. The number of thioether (sulfide) groups is 1. The molecule has 0 aliphatic rings. The quantitative estimate of drug-likeness (QED) is 0.307. The summed E-state index contributed by atoms with van der Waals surface area (Å²) in [4.78, 5) is 13.0. The van der Waals surface area contributed by atoms with E-state index in [-0.39, 0.29) is 28.1 Å². The van der Waals surface area contributed by atoms with Crippen molar-refractivity contribution >= 4 is 33.2 Å². The molecule has 1 aromatic heterocycles. The van der Waals surface area contributed by atoms with Crippen molar-refractivity contribution in [1.29, 1.82) is 0 Å². The number of anilines is 1. The van der Waals surface area contributed by atoms with Crippen LogP contribution in [0.5, 0.6) is 0 Å². The van der Waals surface area contributed by atoms with Gasteiger partial charge in [0.2, 0.25) is 5.91 Å². The molecule has 186 valence electrons. The molecule has 4 aromatic rings. The van der Waals surface area contributed by atoms with Crippen LogP contribution in [0.1, 0.15) is 29.4 Å². The maximum Gasteiger partial charge on any atom is 0.234 e. The Balaban J connectivity index is 1.58. The number of rotatable bonds is 9. The van der Waals surface area contributed by atoms with Crippen molar-refractivity contribution in [3.63, 3.8) is 0 Å². The molecule has 0 unspecified atom stereocenters. The Morgan fingerprint density at radius 3 is 2.36 bits per heavy atom. The molecule has 7 nitrogen and oxygen atoms in total. The smallest absolute Gasteiger partial charge is 0.234 e. The lowest BCUT2D eigenvalue weighted by Gasteiger charge is -2.13. The summed E-state index contributed by atoms with van der Waals surface area (Å²) < 4.78 is 27.9. The summed E-state index contributed by atoms with van der Waals surface area (Å²) >= 11 is 1.22. The number of amides is 1. The lowest BCUT2D eigenvalue weighted by atomic mass is 10.1. The van der Waals surface area contributed by atoms with Crippen molar-refractivity contribution in [3.05, 3.63) is 95.3 Å². The zero-order valence-corrected chi connectivity index (χ0v) is 22.1. The standard InChI is InChI=1S/C27H28N4O3S2/c1-4-21-10-8-9-20(3)26(21)28-25(32)17-35-27-30-29-24(31(27)22-11-6-5-7-12-22)18-36(33,34)23-15-13-19(2)14-16-23/h5-16H,4,17-18H2,1-3H3,(H,28,32). The molecule has 0 saturated heterocycles. The number of carbonyl (C=O) groups is 1. The van der Waals surface area contributed by atoms with Crippen molar-refractivity contribution in [1.82, 2.24) is 14.8 Å². The van der Waals surface area contributed by atoms with Crippen LogP contribution in [0, 0.1) is 13.8 Å². The van der Waals surface area contributed by atoms with Gasteiger partial charge in [0.15, 0.2) is 20.8 Å². The highest BCUT2D eigenvalue weighted by molar-refractivity contribution is 7.99. The number of benzene rings is 3. The van der Waals surface area contributed by atoms with E-state index in [0.29, 0.717) is 5.16 Å². The molecule has 9 heteroatoms. The van der Waals surface area contributed by atoms with E-state index in [0.717, 1.165) is 34.5 Å². The van der Waals surface area contributed by atoms with Crippen LogP contribution in [0.15, 0.2) is 82.8 Å². The Hall–Kier alpha value is -3.43. The molecule has 0 aliphatic carbocycles. The van der Waals surface area contributed by atoms with Crippen molar-refractivity contribution in [2.75, 3.05) is 11.1 Å². The van der Waals surface area contributed by atoms with E-state index in [1.54, 1.807) is 28.8 Å². The predicted octanol–water partition coefficient (Wildman–Crippen LogP) is 5.15. The van der Waals surface area contributed by atoms with Gasteiger partial charge in [-0.05, 0) is 55.7 Å². The summed E-state index contributed by atoms with van der Waals surface area (Å²) in [6.07, 6.45) is 0.811. The normalized spacial score (nSPS) is 11.4. The van der Waals surface area contributed by atoms with Crippen LogP contribution >= 0.6 is 11.8 Å². The van der Waals surface area contributed by atoms with Gasteiger partial charge < -0.3 is 5.32 Å². The van der Waals surface area contributed by atoms with E-state index >= 15 is 0 Å². The number of aryl methyl sites for hydroxylation is 3. The Kier molecular flexibility index (Phi) is 7.91. The molecular weight excluding hydrogens is 492 g/mol. The third-order valence-corrected chi connectivity index (χ3v) is 8.31.